The maximum absolute atomic E-state index is 13.7. The van der Waals surface area contributed by atoms with Gasteiger partial charge in [0.1, 0.15) is 6.04 Å². The van der Waals surface area contributed by atoms with Gasteiger partial charge in [0, 0.05) is 18.3 Å². The van der Waals surface area contributed by atoms with E-state index in [1.54, 1.807) is 6.92 Å². The molecule has 0 saturated heterocycles. The number of nitrogens with one attached hydrogen (secondary N) is 3. The Kier molecular flexibility index (Phi) is 10.2. The van der Waals surface area contributed by atoms with Gasteiger partial charge in [0.2, 0.25) is 11.7 Å². The number of rotatable bonds is 14. The number of allylic oxidation sites excluding steroid dienone is 2. The predicted octanol–water partition coefficient (Wildman–Crippen LogP) is 4.19. The fourth-order valence-electron chi connectivity index (χ4n) is 7.42. The van der Waals surface area contributed by atoms with Gasteiger partial charge in [0.05, 0.1) is 17.6 Å². The molecule has 38 heavy (non-hydrogen) atoms. The van der Waals surface area contributed by atoms with E-state index < -0.39 is 17.6 Å². The third-order valence-corrected chi connectivity index (χ3v) is 10.2. The molecule has 0 bridgehead atoms. The van der Waals surface area contributed by atoms with E-state index in [4.69, 9.17) is 11.1 Å². The number of hydrogen-bond donors (Lipinski definition) is 5. The molecule has 3 aliphatic rings. The minimum Gasteiger partial charge on any atom is -0.390 e. The number of aliphatic hydroxyl groups is 1. The standard InChI is InChI=1S/C32H52N4O2/c1-7-27(36-30(38)26-16-11-14-24-13-9-10-15-25(24)26)29(37)32(8-2,20-22(4)31(6)19-21(31)3)28(17-12-18-33)35-23(5)34/h8,18,24-29,33,37H,2-4,7,9-17,19-20H2,1,5-6H3,(H2,34,35)(H,36,38)/p+1. The normalized spacial score (nSPS) is 31.2. The molecular formula is C32H53N4O2+. The zero-order valence-electron chi connectivity index (χ0n) is 24.2. The Balaban J connectivity index is 1.92. The van der Waals surface area contributed by atoms with Gasteiger partial charge in [-0.05, 0) is 63.0 Å². The van der Waals surface area contributed by atoms with E-state index in [1.165, 1.54) is 31.9 Å². The fourth-order valence-corrected chi connectivity index (χ4v) is 7.42. The van der Waals surface area contributed by atoms with E-state index in [1.807, 2.05) is 13.0 Å². The molecule has 1 amide bonds. The molecule has 0 aromatic carbocycles. The van der Waals surface area contributed by atoms with E-state index in [-0.39, 0.29) is 23.3 Å². The van der Waals surface area contributed by atoms with Crippen molar-refractivity contribution >= 4 is 18.0 Å². The topological polar surface area (TPSA) is 113 Å². The lowest BCUT2D eigenvalue weighted by Crippen LogP contribution is -2.86. The van der Waals surface area contributed by atoms with Gasteiger partial charge in [-0.3, -0.25) is 15.5 Å². The van der Waals surface area contributed by atoms with Gasteiger partial charge < -0.3 is 15.8 Å². The molecule has 0 aliphatic heterocycles. The average molecular weight is 526 g/mol. The first kappa shape index (κ1) is 30.3. The largest absolute Gasteiger partial charge is 0.390 e. The van der Waals surface area contributed by atoms with Crippen molar-refractivity contribution in [3.8, 4) is 0 Å². The zero-order chi connectivity index (χ0) is 28.1. The summed E-state index contributed by atoms with van der Waals surface area (Å²) in [5.41, 5.74) is 7.31. The van der Waals surface area contributed by atoms with Crippen LogP contribution < -0.4 is 16.0 Å². The highest BCUT2D eigenvalue weighted by molar-refractivity contribution is 5.79. The maximum Gasteiger partial charge on any atom is 0.237 e. The molecule has 6 nitrogen and oxygen atoms in total. The SMILES string of the molecule is C=CC(CC(=C)C1(C)CC1=C)(C(CCC=N)[NH+]=C(C)N)C(O)C(CC)NC(=O)C1CCCC2CCCCC21. The summed E-state index contributed by atoms with van der Waals surface area (Å²) in [4.78, 5) is 17.1. The van der Waals surface area contributed by atoms with Crippen molar-refractivity contribution in [2.75, 3.05) is 0 Å². The van der Waals surface area contributed by atoms with Crippen molar-refractivity contribution in [1.29, 1.82) is 5.41 Å². The molecule has 0 heterocycles. The van der Waals surface area contributed by atoms with E-state index >= 15 is 0 Å². The van der Waals surface area contributed by atoms with Crippen molar-refractivity contribution in [3.63, 3.8) is 0 Å². The van der Waals surface area contributed by atoms with Gasteiger partial charge in [-0.15, -0.1) is 6.58 Å². The molecule has 3 rings (SSSR count). The summed E-state index contributed by atoms with van der Waals surface area (Å²) in [5.74, 6) is 1.81. The van der Waals surface area contributed by atoms with Crippen LogP contribution in [-0.2, 0) is 4.79 Å². The summed E-state index contributed by atoms with van der Waals surface area (Å²) >= 11 is 0. The first-order valence-corrected chi connectivity index (χ1v) is 14.9. The first-order chi connectivity index (χ1) is 18.0. The van der Waals surface area contributed by atoms with E-state index in [9.17, 15) is 9.90 Å². The van der Waals surface area contributed by atoms with Crippen LogP contribution in [0.15, 0.2) is 37.0 Å². The molecule has 212 valence electrons. The number of hydrogen-bond acceptors (Lipinski definition) is 3. The van der Waals surface area contributed by atoms with Crippen LogP contribution in [0.3, 0.4) is 0 Å². The second kappa shape index (κ2) is 12.8. The predicted molar refractivity (Wildman–Crippen MR) is 157 cm³/mol. The molecule has 3 fully saturated rings. The second-order valence-electron chi connectivity index (χ2n) is 12.6. The van der Waals surface area contributed by atoms with Gasteiger partial charge >= 0.3 is 0 Å². The highest BCUT2D eigenvalue weighted by atomic mass is 16.3. The van der Waals surface area contributed by atoms with Crippen LogP contribution in [0.2, 0.25) is 0 Å². The Morgan fingerprint density at radius 3 is 2.55 bits per heavy atom. The summed E-state index contributed by atoms with van der Waals surface area (Å²) in [5, 5.41) is 23.2. The third kappa shape index (κ3) is 6.32. The van der Waals surface area contributed by atoms with Gasteiger partial charge in [0.25, 0.3) is 0 Å². The van der Waals surface area contributed by atoms with Crippen LogP contribution in [0, 0.1) is 34.0 Å². The van der Waals surface area contributed by atoms with E-state index in [0.29, 0.717) is 43.4 Å². The molecule has 3 saturated carbocycles. The molecule has 0 radical (unpaired) electrons. The maximum atomic E-state index is 13.7. The monoisotopic (exact) mass is 525 g/mol. The van der Waals surface area contributed by atoms with Crippen LogP contribution in [0.25, 0.3) is 0 Å². The molecule has 8 atom stereocenters. The van der Waals surface area contributed by atoms with Crippen molar-refractivity contribution < 1.29 is 14.9 Å². The summed E-state index contributed by atoms with van der Waals surface area (Å²) in [7, 11) is 0. The Labute approximate surface area is 230 Å². The van der Waals surface area contributed by atoms with E-state index in [0.717, 1.165) is 36.8 Å². The van der Waals surface area contributed by atoms with Crippen molar-refractivity contribution in [1.82, 2.24) is 5.32 Å². The highest BCUT2D eigenvalue weighted by Crippen LogP contribution is 2.58. The zero-order valence-corrected chi connectivity index (χ0v) is 24.2. The summed E-state index contributed by atoms with van der Waals surface area (Å²) < 4.78 is 0. The molecule has 0 aromatic rings. The fraction of sp³-hybridized carbons (Fsp3) is 0.719. The van der Waals surface area contributed by atoms with Crippen LogP contribution in [0.5, 0.6) is 0 Å². The van der Waals surface area contributed by atoms with Crippen LogP contribution in [-0.4, -0.2) is 41.3 Å². The molecule has 0 spiro atoms. The smallest absolute Gasteiger partial charge is 0.237 e. The number of amidine groups is 1. The average Bonchev–Trinajstić information content (AvgIpc) is 3.54. The number of amides is 1. The Hall–Kier alpha value is -2.21. The molecule has 6 heteroatoms. The third-order valence-electron chi connectivity index (χ3n) is 10.2. The lowest BCUT2D eigenvalue weighted by atomic mass is 9.64. The number of carbonyl (C=O) groups excluding carboxylic acids is 1. The Morgan fingerprint density at radius 1 is 1.32 bits per heavy atom. The van der Waals surface area contributed by atoms with Crippen molar-refractivity contribution in [2.24, 2.45) is 34.3 Å². The Morgan fingerprint density at radius 2 is 1.97 bits per heavy atom. The van der Waals surface area contributed by atoms with Crippen LogP contribution in [0.1, 0.15) is 97.8 Å². The lowest BCUT2D eigenvalue weighted by molar-refractivity contribution is -0.528. The van der Waals surface area contributed by atoms with Crippen LogP contribution >= 0.6 is 0 Å². The second-order valence-corrected chi connectivity index (χ2v) is 12.6. The highest BCUT2D eigenvalue weighted by Gasteiger charge is 2.52. The number of carbonyl (C=O) groups is 1. The Bertz CT molecular complexity index is 936. The van der Waals surface area contributed by atoms with Gasteiger partial charge in [0.15, 0.2) is 0 Å². The van der Waals surface area contributed by atoms with Crippen LogP contribution in [0.4, 0.5) is 0 Å². The van der Waals surface area contributed by atoms with Crippen molar-refractivity contribution in [2.45, 2.75) is 116 Å². The summed E-state index contributed by atoms with van der Waals surface area (Å²) in [6.07, 6.45) is 13.6. The minimum atomic E-state index is -0.908. The van der Waals surface area contributed by atoms with Gasteiger partial charge in [-0.25, -0.2) is 0 Å². The van der Waals surface area contributed by atoms with E-state index in [2.05, 4.69) is 37.0 Å². The summed E-state index contributed by atoms with van der Waals surface area (Å²) in [6, 6.07) is -0.716. The number of fused-ring (bicyclic) bond motifs is 1. The minimum absolute atomic E-state index is 0.0311. The first-order valence-electron chi connectivity index (χ1n) is 14.9. The molecule has 6 N–H and O–H groups in total. The number of nitrogens with two attached hydrogens (primary N) is 1. The molecule has 3 aliphatic carbocycles. The molecular weight excluding hydrogens is 472 g/mol. The van der Waals surface area contributed by atoms with Crippen molar-refractivity contribution in [3.05, 3.63) is 37.0 Å². The summed E-state index contributed by atoms with van der Waals surface area (Å²) in [6.45, 7) is 18.8. The lowest BCUT2D eigenvalue weighted by Gasteiger charge is -2.45. The van der Waals surface area contributed by atoms with Gasteiger partial charge in [-0.1, -0.05) is 76.3 Å². The molecule has 0 aromatic heterocycles. The number of aliphatic hydroxyl groups excluding tert-OH is 1. The molecule has 8 unspecified atom stereocenters. The quantitative estimate of drug-likeness (QED) is 0.133. The van der Waals surface area contributed by atoms with Gasteiger partial charge in [-0.2, -0.15) is 0 Å².